The summed E-state index contributed by atoms with van der Waals surface area (Å²) in [6.45, 7) is 0. The maximum absolute atomic E-state index is 11.0. The largest absolute Gasteiger partial charge is 0.335 e. The van der Waals surface area contributed by atoms with Crippen LogP contribution in [-0.4, -0.2) is 21.6 Å². The van der Waals surface area contributed by atoms with Gasteiger partial charge in [0.2, 0.25) is 5.91 Å². The summed E-state index contributed by atoms with van der Waals surface area (Å²) in [6, 6.07) is 5.84. The number of nitrogens with zero attached hydrogens (tertiary/aromatic N) is 2. The van der Waals surface area contributed by atoms with Gasteiger partial charge in [-0.15, -0.1) is 0 Å². The van der Waals surface area contributed by atoms with E-state index in [1.165, 1.54) is 0 Å². The number of imidazole rings is 1. The number of fused-ring (bicyclic) bond motifs is 1. The molecular formula is C11H9N4O. The van der Waals surface area contributed by atoms with Crippen LogP contribution < -0.4 is 5.43 Å². The Morgan fingerprint density at radius 3 is 3.06 bits per heavy atom. The van der Waals surface area contributed by atoms with Crippen LogP contribution in [-0.2, 0) is 4.79 Å². The number of amides is 1. The summed E-state index contributed by atoms with van der Waals surface area (Å²) >= 11 is 0. The Hall–Kier alpha value is -2.17. The van der Waals surface area contributed by atoms with Crippen LogP contribution in [0.2, 0.25) is 0 Å². The van der Waals surface area contributed by atoms with E-state index in [1.54, 1.807) is 0 Å². The van der Waals surface area contributed by atoms with Gasteiger partial charge in [-0.25, -0.2) is 10.4 Å². The predicted molar refractivity (Wildman–Crippen MR) is 58.8 cm³/mol. The first-order valence-corrected chi connectivity index (χ1v) is 5.04. The zero-order valence-corrected chi connectivity index (χ0v) is 8.45. The molecular weight excluding hydrogens is 204 g/mol. The van der Waals surface area contributed by atoms with Crippen molar-refractivity contribution in [1.82, 2.24) is 15.4 Å². The lowest BCUT2D eigenvalue weighted by atomic mass is 10.0. The first kappa shape index (κ1) is 9.08. The first-order chi connectivity index (χ1) is 7.83. The van der Waals surface area contributed by atoms with E-state index in [-0.39, 0.29) is 5.91 Å². The van der Waals surface area contributed by atoms with Crippen molar-refractivity contribution in [1.29, 1.82) is 0 Å². The van der Waals surface area contributed by atoms with Crippen LogP contribution in [0, 0.1) is 6.33 Å². The Morgan fingerprint density at radius 1 is 1.31 bits per heavy atom. The van der Waals surface area contributed by atoms with E-state index in [0.29, 0.717) is 12.8 Å². The van der Waals surface area contributed by atoms with Crippen LogP contribution in [0.1, 0.15) is 18.4 Å². The lowest BCUT2D eigenvalue weighted by molar-refractivity contribution is -0.121. The molecule has 1 aromatic carbocycles. The van der Waals surface area contributed by atoms with Crippen LogP contribution >= 0.6 is 0 Å². The third-order valence-electron chi connectivity index (χ3n) is 2.60. The molecule has 0 saturated heterocycles. The van der Waals surface area contributed by atoms with Gasteiger partial charge in [0.1, 0.15) is 0 Å². The number of benzene rings is 1. The normalized spacial score (nSPS) is 16.0. The number of H-pyrrole nitrogens is 1. The monoisotopic (exact) mass is 213 g/mol. The third-order valence-corrected chi connectivity index (χ3v) is 2.60. The molecule has 1 aliphatic heterocycles. The van der Waals surface area contributed by atoms with Gasteiger partial charge in [0.25, 0.3) is 0 Å². The Morgan fingerprint density at radius 2 is 2.25 bits per heavy atom. The highest BCUT2D eigenvalue weighted by atomic mass is 16.2. The molecule has 0 spiro atoms. The fourth-order valence-corrected chi connectivity index (χ4v) is 1.74. The third kappa shape index (κ3) is 1.46. The lowest BCUT2D eigenvalue weighted by Crippen LogP contribution is -2.25. The predicted octanol–water partition coefficient (Wildman–Crippen LogP) is 0.977. The number of carbonyl (C=O) groups excluding carboxylic acids is 1. The van der Waals surface area contributed by atoms with Gasteiger partial charge < -0.3 is 4.98 Å². The molecule has 3 rings (SSSR count). The van der Waals surface area contributed by atoms with Crippen molar-refractivity contribution in [3.63, 3.8) is 0 Å². The molecule has 16 heavy (non-hydrogen) atoms. The number of hydrogen-bond acceptors (Lipinski definition) is 3. The Balaban J connectivity index is 2.02. The highest BCUT2D eigenvalue weighted by molar-refractivity contribution is 6.05. The van der Waals surface area contributed by atoms with Crippen LogP contribution in [0.15, 0.2) is 23.3 Å². The average Bonchev–Trinajstić information content (AvgIpc) is 2.77. The minimum Gasteiger partial charge on any atom is -0.335 e. The number of hydrogen-bond donors (Lipinski definition) is 2. The van der Waals surface area contributed by atoms with Crippen molar-refractivity contribution in [2.45, 2.75) is 12.8 Å². The topological polar surface area (TPSA) is 70.1 Å². The second kappa shape index (κ2) is 3.44. The number of aromatic amines is 1. The summed E-state index contributed by atoms with van der Waals surface area (Å²) in [5.41, 5.74) is 6.18. The molecule has 79 valence electrons. The quantitative estimate of drug-likeness (QED) is 0.741. The molecule has 2 N–H and O–H groups in total. The molecule has 1 aliphatic rings. The SMILES string of the molecule is O=C1CCC(c2ccc3[nH][c]nc3c2)=NN1. The lowest BCUT2D eigenvalue weighted by Gasteiger charge is -2.11. The van der Waals surface area contributed by atoms with Crippen molar-refractivity contribution in [2.24, 2.45) is 5.10 Å². The molecule has 1 aromatic heterocycles. The number of aromatic nitrogens is 2. The van der Waals surface area contributed by atoms with Gasteiger partial charge in [0.05, 0.1) is 16.7 Å². The van der Waals surface area contributed by atoms with Crippen molar-refractivity contribution >= 4 is 22.7 Å². The van der Waals surface area contributed by atoms with E-state index in [9.17, 15) is 4.79 Å². The fourth-order valence-electron chi connectivity index (χ4n) is 1.74. The van der Waals surface area contributed by atoms with Crippen LogP contribution in [0.3, 0.4) is 0 Å². The van der Waals surface area contributed by atoms with E-state index in [4.69, 9.17) is 0 Å². The Kier molecular flexibility index (Phi) is 1.96. The van der Waals surface area contributed by atoms with Gasteiger partial charge in [-0.05, 0) is 12.1 Å². The zero-order chi connectivity index (χ0) is 11.0. The van der Waals surface area contributed by atoms with E-state index < -0.39 is 0 Å². The van der Waals surface area contributed by atoms with Crippen molar-refractivity contribution in [3.8, 4) is 0 Å². The second-order valence-electron chi connectivity index (χ2n) is 3.67. The minimum absolute atomic E-state index is 0.0297. The molecule has 1 amide bonds. The number of rotatable bonds is 1. The average molecular weight is 213 g/mol. The number of nitrogens with one attached hydrogen (secondary N) is 2. The summed E-state index contributed by atoms with van der Waals surface area (Å²) in [7, 11) is 0. The van der Waals surface area contributed by atoms with Crippen LogP contribution in [0.25, 0.3) is 11.0 Å². The van der Waals surface area contributed by atoms with Gasteiger partial charge in [-0.3, -0.25) is 4.79 Å². The van der Waals surface area contributed by atoms with Gasteiger partial charge in [-0.2, -0.15) is 5.10 Å². The van der Waals surface area contributed by atoms with Crippen molar-refractivity contribution in [2.75, 3.05) is 0 Å². The Bertz CT molecular complexity index is 584. The van der Waals surface area contributed by atoms with Gasteiger partial charge in [0, 0.05) is 18.4 Å². The molecule has 0 atom stereocenters. The maximum Gasteiger partial charge on any atom is 0.240 e. The molecule has 2 heterocycles. The highest BCUT2D eigenvalue weighted by Crippen LogP contribution is 2.15. The first-order valence-electron chi connectivity index (χ1n) is 5.04. The maximum atomic E-state index is 11.0. The molecule has 0 fully saturated rings. The van der Waals surface area contributed by atoms with Gasteiger partial charge >= 0.3 is 0 Å². The molecule has 0 unspecified atom stereocenters. The summed E-state index contributed by atoms with van der Waals surface area (Å²) in [5.74, 6) is -0.0297. The van der Waals surface area contributed by atoms with Crippen molar-refractivity contribution < 1.29 is 4.79 Å². The molecule has 2 aromatic rings. The summed E-state index contributed by atoms with van der Waals surface area (Å²) in [5, 5.41) is 4.04. The molecule has 0 saturated carbocycles. The number of hydrazone groups is 1. The Labute approximate surface area is 91.6 Å². The van der Waals surface area contributed by atoms with E-state index >= 15 is 0 Å². The fraction of sp³-hybridized carbons (Fsp3) is 0.182. The van der Waals surface area contributed by atoms with Crippen LogP contribution in [0.5, 0.6) is 0 Å². The van der Waals surface area contributed by atoms with Gasteiger partial charge in [-0.1, -0.05) is 6.07 Å². The minimum atomic E-state index is -0.0297. The zero-order valence-electron chi connectivity index (χ0n) is 8.45. The summed E-state index contributed by atoms with van der Waals surface area (Å²) in [6.07, 6.45) is 3.85. The molecule has 0 bridgehead atoms. The summed E-state index contributed by atoms with van der Waals surface area (Å²) < 4.78 is 0. The second-order valence-corrected chi connectivity index (χ2v) is 3.67. The standard InChI is InChI=1S/C11H9N4O/c16-11-4-3-8(14-15-11)7-1-2-9-10(5-7)13-6-12-9/h1-2,5H,3-4H2,(H,12,13)(H,15,16). The van der Waals surface area contributed by atoms with Crippen molar-refractivity contribution in [3.05, 3.63) is 30.1 Å². The highest BCUT2D eigenvalue weighted by Gasteiger charge is 2.13. The van der Waals surface area contributed by atoms with E-state index in [0.717, 1.165) is 22.3 Å². The molecule has 0 aliphatic carbocycles. The molecule has 5 heteroatoms. The number of carbonyl (C=O) groups is 1. The molecule has 1 radical (unpaired) electrons. The van der Waals surface area contributed by atoms with Gasteiger partial charge in [0.15, 0.2) is 6.33 Å². The van der Waals surface area contributed by atoms with E-state index in [2.05, 4.69) is 26.8 Å². The summed E-state index contributed by atoms with van der Waals surface area (Å²) in [4.78, 5) is 17.9. The van der Waals surface area contributed by atoms with E-state index in [1.807, 2.05) is 18.2 Å². The smallest absolute Gasteiger partial charge is 0.240 e. The molecule has 5 nitrogen and oxygen atoms in total. The van der Waals surface area contributed by atoms with Crippen LogP contribution in [0.4, 0.5) is 0 Å².